The van der Waals surface area contributed by atoms with E-state index in [1.54, 1.807) is 0 Å². The topological polar surface area (TPSA) is 43.5 Å². The Morgan fingerprint density at radius 3 is 2.31 bits per heavy atom. The Bertz CT molecular complexity index is 1200. The molecule has 4 nitrogen and oxygen atoms in total. The molecule has 0 spiro atoms. The number of hydrogen-bond acceptors (Lipinski definition) is 3. The lowest BCUT2D eigenvalue weighted by atomic mass is 10.1. The lowest BCUT2D eigenvalue weighted by molar-refractivity contribution is -0.0117. The van der Waals surface area contributed by atoms with Gasteiger partial charge in [0.2, 0.25) is 0 Å². The fourth-order valence-electron chi connectivity index (χ4n) is 4.09. The molecule has 0 amide bonds. The molecule has 0 saturated carbocycles. The summed E-state index contributed by atoms with van der Waals surface area (Å²) < 4.78 is 18.9. The van der Waals surface area contributed by atoms with Crippen LogP contribution in [0.5, 0.6) is 11.5 Å². The molecule has 0 aliphatic carbocycles. The second kappa shape index (κ2) is 8.89. The minimum Gasteiger partial charge on any atom is -0.491 e. The van der Waals surface area contributed by atoms with E-state index in [1.165, 1.54) is 11.1 Å². The summed E-state index contributed by atoms with van der Waals surface area (Å²) in [7, 11) is 0. The largest absolute Gasteiger partial charge is 0.491 e. The van der Waals surface area contributed by atoms with Gasteiger partial charge in [-0.1, -0.05) is 53.1 Å². The molecular formula is C27H26ClNO3. The predicted octanol–water partition coefficient (Wildman–Crippen LogP) is 6.79. The molecule has 1 aliphatic heterocycles. The van der Waals surface area contributed by atoms with Crippen molar-refractivity contribution in [2.45, 2.75) is 38.6 Å². The van der Waals surface area contributed by atoms with E-state index in [4.69, 9.17) is 25.8 Å². The lowest BCUT2D eigenvalue weighted by Crippen LogP contribution is -2.32. The molecule has 3 atom stereocenters. The molecular weight excluding hydrogens is 422 g/mol. The molecule has 5 heteroatoms. The van der Waals surface area contributed by atoms with Crippen molar-refractivity contribution in [1.29, 1.82) is 0 Å². The highest BCUT2D eigenvalue weighted by molar-refractivity contribution is 6.31. The molecule has 0 bridgehead atoms. The van der Waals surface area contributed by atoms with Crippen molar-refractivity contribution in [3.8, 4) is 11.5 Å². The van der Waals surface area contributed by atoms with Crippen LogP contribution in [-0.2, 0) is 4.74 Å². The highest BCUT2D eigenvalue weighted by Gasteiger charge is 2.39. The van der Waals surface area contributed by atoms with Gasteiger partial charge in [-0.05, 0) is 61.7 Å². The van der Waals surface area contributed by atoms with E-state index in [0.29, 0.717) is 11.6 Å². The zero-order valence-corrected chi connectivity index (χ0v) is 18.9. The van der Waals surface area contributed by atoms with E-state index in [1.807, 2.05) is 54.6 Å². The first-order valence-corrected chi connectivity index (χ1v) is 11.3. The Morgan fingerprint density at radius 1 is 0.906 bits per heavy atom. The normalized spacial score (nSPS) is 20.5. The van der Waals surface area contributed by atoms with Gasteiger partial charge in [-0.2, -0.15) is 0 Å². The second-order valence-electron chi connectivity index (χ2n) is 8.45. The Kier molecular flexibility index (Phi) is 5.81. The first-order valence-electron chi connectivity index (χ1n) is 10.9. The Labute approximate surface area is 193 Å². The van der Waals surface area contributed by atoms with E-state index in [-0.39, 0.29) is 18.3 Å². The number of aryl methyl sites for hydroxylation is 2. The Hall–Kier alpha value is -2.95. The summed E-state index contributed by atoms with van der Waals surface area (Å²) in [5, 5.41) is 1.83. The third kappa shape index (κ3) is 4.62. The van der Waals surface area contributed by atoms with Crippen LogP contribution in [-0.4, -0.2) is 23.8 Å². The minimum absolute atomic E-state index is 0.108. The van der Waals surface area contributed by atoms with Crippen molar-refractivity contribution >= 4 is 22.5 Å². The molecule has 32 heavy (non-hydrogen) atoms. The van der Waals surface area contributed by atoms with Crippen LogP contribution < -0.4 is 9.47 Å². The number of aromatic nitrogens is 1. The number of aromatic amines is 1. The van der Waals surface area contributed by atoms with E-state index in [2.05, 4.69) is 37.0 Å². The number of fused-ring (bicyclic) bond motifs is 1. The summed E-state index contributed by atoms with van der Waals surface area (Å²) in [5.41, 5.74) is 4.44. The van der Waals surface area contributed by atoms with E-state index >= 15 is 0 Å². The fourth-order valence-corrected chi connectivity index (χ4v) is 4.26. The van der Waals surface area contributed by atoms with E-state index < -0.39 is 0 Å². The van der Waals surface area contributed by atoms with E-state index in [0.717, 1.165) is 34.5 Å². The van der Waals surface area contributed by atoms with Crippen LogP contribution in [0.15, 0.2) is 72.8 Å². The monoisotopic (exact) mass is 447 g/mol. The molecule has 1 saturated heterocycles. The summed E-state index contributed by atoms with van der Waals surface area (Å²) in [6.07, 6.45) is 0.306. The third-order valence-corrected chi connectivity index (χ3v) is 6.13. The molecule has 4 aromatic rings. The van der Waals surface area contributed by atoms with Crippen LogP contribution in [0, 0.1) is 13.8 Å². The van der Waals surface area contributed by atoms with Gasteiger partial charge in [0.05, 0.1) is 0 Å². The van der Waals surface area contributed by atoms with Gasteiger partial charge < -0.3 is 19.2 Å². The zero-order chi connectivity index (χ0) is 22.1. The van der Waals surface area contributed by atoms with Crippen molar-refractivity contribution < 1.29 is 14.2 Å². The zero-order valence-electron chi connectivity index (χ0n) is 18.2. The van der Waals surface area contributed by atoms with Crippen LogP contribution in [0.3, 0.4) is 0 Å². The summed E-state index contributed by atoms with van der Waals surface area (Å²) in [6, 6.07) is 24.2. The summed E-state index contributed by atoms with van der Waals surface area (Å²) in [6.45, 7) is 4.55. The van der Waals surface area contributed by atoms with Crippen molar-refractivity contribution in [3.63, 3.8) is 0 Å². The molecule has 3 aromatic carbocycles. The van der Waals surface area contributed by atoms with Gasteiger partial charge in [0.15, 0.2) is 0 Å². The lowest BCUT2D eigenvalue weighted by Gasteiger charge is -2.20. The number of ether oxygens (including phenoxy) is 3. The first kappa shape index (κ1) is 20.9. The number of benzene rings is 3. The van der Waals surface area contributed by atoms with Gasteiger partial charge in [0, 0.05) is 22.7 Å². The molecule has 0 radical (unpaired) electrons. The number of rotatable bonds is 6. The van der Waals surface area contributed by atoms with E-state index in [9.17, 15) is 0 Å². The van der Waals surface area contributed by atoms with Crippen LogP contribution in [0.25, 0.3) is 10.9 Å². The molecule has 1 aromatic heterocycles. The molecule has 5 rings (SSSR count). The molecule has 2 heterocycles. The van der Waals surface area contributed by atoms with Crippen molar-refractivity contribution in [2.24, 2.45) is 0 Å². The number of nitrogens with one attached hydrogen (secondary N) is 1. The highest BCUT2D eigenvalue weighted by Crippen LogP contribution is 2.37. The molecule has 164 valence electrons. The summed E-state index contributed by atoms with van der Waals surface area (Å²) >= 11 is 6.16. The SMILES string of the molecule is Cc1ccc(OC[C@H]2O[C@H](c3cc4ccc(Cl)cc4[nH]3)C[C@@H]2Oc2ccc(C)cc2)cc1. The maximum absolute atomic E-state index is 6.45. The van der Waals surface area contributed by atoms with Gasteiger partial charge >= 0.3 is 0 Å². The van der Waals surface area contributed by atoms with Gasteiger partial charge in [-0.15, -0.1) is 0 Å². The molecule has 1 N–H and O–H groups in total. The standard InChI is InChI=1S/C27H26ClNO3/c1-17-3-9-21(10-4-17)30-16-27-26(31-22-11-5-18(2)6-12-22)15-25(32-27)24-13-19-7-8-20(28)14-23(19)29-24/h3-14,25-27,29H,15-16H2,1-2H3/t25-,26-,27+/m0/s1. The van der Waals surface area contributed by atoms with Gasteiger partial charge in [-0.3, -0.25) is 0 Å². The Balaban J connectivity index is 1.36. The van der Waals surface area contributed by atoms with Gasteiger partial charge in [-0.25, -0.2) is 0 Å². The maximum atomic E-state index is 6.45. The highest BCUT2D eigenvalue weighted by atomic mass is 35.5. The van der Waals surface area contributed by atoms with Crippen LogP contribution >= 0.6 is 11.6 Å². The van der Waals surface area contributed by atoms with Crippen molar-refractivity contribution in [1.82, 2.24) is 4.98 Å². The predicted molar refractivity (Wildman–Crippen MR) is 128 cm³/mol. The number of H-pyrrole nitrogens is 1. The maximum Gasteiger partial charge on any atom is 0.131 e. The van der Waals surface area contributed by atoms with Crippen LogP contribution in [0.2, 0.25) is 5.02 Å². The third-order valence-electron chi connectivity index (χ3n) is 5.90. The number of hydrogen-bond donors (Lipinski definition) is 1. The second-order valence-corrected chi connectivity index (χ2v) is 8.88. The number of halogens is 1. The summed E-state index contributed by atoms with van der Waals surface area (Å²) in [5.74, 6) is 1.67. The minimum atomic E-state index is -0.197. The smallest absolute Gasteiger partial charge is 0.131 e. The average molecular weight is 448 g/mol. The quantitative estimate of drug-likeness (QED) is 0.353. The van der Waals surface area contributed by atoms with Crippen LogP contribution in [0.4, 0.5) is 0 Å². The molecule has 1 fully saturated rings. The fraction of sp³-hybridized carbons (Fsp3) is 0.259. The van der Waals surface area contributed by atoms with Crippen molar-refractivity contribution in [3.05, 3.63) is 94.6 Å². The van der Waals surface area contributed by atoms with Gasteiger partial charge in [0.1, 0.15) is 36.4 Å². The Morgan fingerprint density at radius 2 is 1.59 bits per heavy atom. The molecule has 0 unspecified atom stereocenters. The molecule has 1 aliphatic rings. The first-order chi connectivity index (χ1) is 15.5. The average Bonchev–Trinajstić information content (AvgIpc) is 3.38. The van der Waals surface area contributed by atoms with Crippen molar-refractivity contribution in [2.75, 3.05) is 6.61 Å². The van der Waals surface area contributed by atoms with Crippen LogP contribution in [0.1, 0.15) is 29.3 Å². The summed E-state index contributed by atoms with van der Waals surface area (Å²) in [4.78, 5) is 3.46. The van der Waals surface area contributed by atoms with Gasteiger partial charge in [0.25, 0.3) is 0 Å².